The van der Waals surface area contributed by atoms with E-state index >= 15 is 0 Å². The molecule has 0 radical (unpaired) electrons. The van der Waals surface area contributed by atoms with Gasteiger partial charge in [0.15, 0.2) is 6.61 Å². The van der Waals surface area contributed by atoms with Gasteiger partial charge in [0, 0.05) is 25.8 Å². The predicted octanol–water partition coefficient (Wildman–Crippen LogP) is 3.14. The van der Waals surface area contributed by atoms with Gasteiger partial charge in [0.05, 0.1) is 0 Å². The van der Waals surface area contributed by atoms with Gasteiger partial charge < -0.3 is 15.0 Å². The fraction of sp³-hybridized carbons (Fsp3) is 0.500. The minimum absolute atomic E-state index is 0.108. The number of nitriles is 1. The Morgan fingerprint density at radius 2 is 1.93 bits per heavy atom. The molecule has 1 aliphatic carbocycles. The lowest BCUT2D eigenvalue weighted by Gasteiger charge is -2.34. The molecule has 1 N–H and O–H groups in total. The molecule has 2 rings (SSSR count). The van der Waals surface area contributed by atoms with E-state index in [1.54, 1.807) is 0 Å². The Hall–Kier alpha value is -2.81. The number of amides is 1. The number of hydrogen-bond acceptors (Lipinski definition) is 5. The van der Waals surface area contributed by atoms with E-state index in [1.165, 1.54) is 12.5 Å². The molecule has 150 valence electrons. The van der Waals surface area contributed by atoms with Crippen molar-refractivity contribution >= 4 is 23.6 Å². The monoisotopic (exact) mass is 383 g/mol. The molecule has 1 saturated carbocycles. The number of benzene rings is 1. The van der Waals surface area contributed by atoms with Gasteiger partial charge >= 0.3 is 5.97 Å². The SMILES string of the molecule is C[C@@H]1[C@@H](C)CCC[C@H]1NC(=O)COC(=O)/C(C#N)=C/c1ccc(N(C)C)cc1. The number of rotatable bonds is 6. The molecule has 0 saturated heterocycles. The third-order valence-corrected chi connectivity index (χ3v) is 5.45. The second kappa shape index (κ2) is 9.93. The zero-order chi connectivity index (χ0) is 20.7. The number of nitrogens with one attached hydrogen (secondary N) is 1. The Morgan fingerprint density at radius 1 is 1.25 bits per heavy atom. The van der Waals surface area contributed by atoms with Crippen molar-refractivity contribution in [3.63, 3.8) is 0 Å². The summed E-state index contributed by atoms with van der Waals surface area (Å²) in [7, 11) is 3.87. The van der Waals surface area contributed by atoms with E-state index in [4.69, 9.17) is 4.74 Å². The standard InChI is InChI=1S/C22H29N3O3/c1-15-6-5-7-20(16(15)2)24-21(26)14-28-22(27)18(13-23)12-17-8-10-19(11-9-17)25(3)4/h8-12,15-16,20H,5-7,14H2,1-4H3,(H,24,26)/b18-12+/t15-,16+,20+/m0/s1. The highest BCUT2D eigenvalue weighted by Crippen LogP contribution is 2.29. The molecule has 1 aromatic carbocycles. The molecule has 6 heteroatoms. The van der Waals surface area contributed by atoms with Crippen LogP contribution in [-0.4, -0.2) is 38.6 Å². The van der Waals surface area contributed by atoms with Crippen LogP contribution >= 0.6 is 0 Å². The lowest BCUT2D eigenvalue weighted by Crippen LogP contribution is -2.45. The largest absolute Gasteiger partial charge is 0.451 e. The highest BCUT2D eigenvalue weighted by atomic mass is 16.5. The van der Waals surface area contributed by atoms with Crippen molar-refractivity contribution < 1.29 is 14.3 Å². The second-order valence-corrected chi connectivity index (χ2v) is 7.67. The van der Waals surface area contributed by atoms with Gasteiger partial charge in [-0.2, -0.15) is 5.26 Å². The summed E-state index contributed by atoms with van der Waals surface area (Å²) >= 11 is 0. The van der Waals surface area contributed by atoms with E-state index < -0.39 is 5.97 Å². The Kier molecular flexibility index (Phi) is 7.62. The molecule has 1 aliphatic rings. The predicted molar refractivity (Wildman–Crippen MR) is 109 cm³/mol. The number of nitrogens with zero attached hydrogens (tertiary/aromatic N) is 2. The number of anilines is 1. The van der Waals surface area contributed by atoms with Crippen molar-refractivity contribution in [3.8, 4) is 6.07 Å². The molecule has 0 heterocycles. The third kappa shape index (κ3) is 5.85. The first-order valence-electron chi connectivity index (χ1n) is 9.67. The first-order valence-corrected chi connectivity index (χ1v) is 9.67. The van der Waals surface area contributed by atoms with Crippen LogP contribution < -0.4 is 10.2 Å². The first-order chi connectivity index (χ1) is 13.3. The van der Waals surface area contributed by atoms with Crippen LogP contribution in [0, 0.1) is 23.2 Å². The number of ether oxygens (including phenoxy) is 1. The van der Waals surface area contributed by atoms with Crippen LogP contribution in [0.2, 0.25) is 0 Å². The van der Waals surface area contributed by atoms with Gasteiger partial charge in [-0.1, -0.05) is 38.8 Å². The van der Waals surface area contributed by atoms with Crippen LogP contribution in [0.25, 0.3) is 6.08 Å². The summed E-state index contributed by atoms with van der Waals surface area (Å²) < 4.78 is 5.04. The Bertz CT molecular complexity index is 762. The molecule has 3 atom stereocenters. The maximum atomic E-state index is 12.2. The topological polar surface area (TPSA) is 82.4 Å². The fourth-order valence-electron chi connectivity index (χ4n) is 3.42. The van der Waals surface area contributed by atoms with Crippen molar-refractivity contribution in [3.05, 3.63) is 35.4 Å². The lowest BCUT2D eigenvalue weighted by molar-refractivity contribution is -0.144. The molecular weight excluding hydrogens is 354 g/mol. The summed E-state index contributed by atoms with van der Waals surface area (Å²) in [5.41, 5.74) is 1.60. The minimum atomic E-state index is -0.792. The van der Waals surface area contributed by atoms with Crippen molar-refractivity contribution in [2.24, 2.45) is 11.8 Å². The van der Waals surface area contributed by atoms with E-state index in [2.05, 4.69) is 19.2 Å². The van der Waals surface area contributed by atoms with Crippen LogP contribution in [0.3, 0.4) is 0 Å². The summed E-state index contributed by atoms with van der Waals surface area (Å²) in [4.78, 5) is 26.3. The molecule has 0 aliphatic heterocycles. The van der Waals surface area contributed by atoms with Gasteiger partial charge in [-0.05, 0) is 42.0 Å². The molecule has 28 heavy (non-hydrogen) atoms. The average molecular weight is 383 g/mol. The lowest BCUT2D eigenvalue weighted by atomic mass is 9.78. The zero-order valence-corrected chi connectivity index (χ0v) is 17.1. The first kappa shape index (κ1) is 21.5. The van der Waals surface area contributed by atoms with Crippen molar-refractivity contribution in [1.82, 2.24) is 5.32 Å². The Morgan fingerprint density at radius 3 is 2.54 bits per heavy atom. The van der Waals surface area contributed by atoms with Gasteiger partial charge in [-0.15, -0.1) is 0 Å². The summed E-state index contributed by atoms with van der Waals surface area (Å²) in [5, 5.41) is 12.2. The van der Waals surface area contributed by atoms with E-state index in [1.807, 2.05) is 49.3 Å². The maximum absolute atomic E-state index is 12.2. The second-order valence-electron chi connectivity index (χ2n) is 7.67. The molecule has 1 aromatic rings. The molecule has 6 nitrogen and oxygen atoms in total. The Labute approximate surface area is 167 Å². The van der Waals surface area contributed by atoms with E-state index in [9.17, 15) is 14.9 Å². The number of carbonyl (C=O) groups excluding carboxylic acids is 2. The van der Waals surface area contributed by atoms with Crippen molar-refractivity contribution in [2.75, 3.05) is 25.6 Å². The molecular formula is C22H29N3O3. The van der Waals surface area contributed by atoms with Gasteiger partial charge in [-0.25, -0.2) is 4.79 Å². The average Bonchev–Trinajstić information content (AvgIpc) is 2.68. The van der Waals surface area contributed by atoms with Crippen LogP contribution in [0.4, 0.5) is 5.69 Å². The van der Waals surface area contributed by atoms with Crippen LogP contribution in [0.1, 0.15) is 38.7 Å². The van der Waals surface area contributed by atoms with E-state index in [0.29, 0.717) is 17.4 Å². The number of esters is 1. The quantitative estimate of drug-likeness (QED) is 0.464. The van der Waals surface area contributed by atoms with Gasteiger partial charge in [0.2, 0.25) is 0 Å². The van der Waals surface area contributed by atoms with Crippen molar-refractivity contribution in [2.45, 2.75) is 39.2 Å². The van der Waals surface area contributed by atoms with E-state index in [-0.39, 0.29) is 24.1 Å². The maximum Gasteiger partial charge on any atom is 0.349 e. The summed E-state index contributed by atoms with van der Waals surface area (Å²) in [5.74, 6) is -0.159. The van der Waals surface area contributed by atoms with Crippen LogP contribution in [0.5, 0.6) is 0 Å². The normalized spacial score (nSPS) is 22.1. The minimum Gasteiger partial charge on any atom is -0.451 e. The smallest absolute Gasteiger partial charge is 0.349 e. The molecule has 0 bridgehead atoms. The van der Waals surface area contributed by atoms with E-state index in [0.717, 1.165) is 18.5 Å². The zero-order valence-electron chi connectivity index (χ0n) is 17.1. The summed E-state index contributed by atoms with van der Waals surface area (Å²) in [6.07, 6.45) is 4.67. The van der Waals surface area contributed by atoms with Crippen LogP contribution in [0.15, 0.2) is 29.8 Å². The molecule has 1 fully saturated rings. The number of carbonyl (C=O) groups is 2. The number of hydrogen-bond donors (Lipinski definition) is 1. The third-order valence-electron chi connectivity index (χ3n) is 5.45. The van der Waals surface area contributed by atoms with Gasteiger partial charge in [-0.3, -0.25) is 4.79 Å². The van der Waals surface area contributed by atoms with Crippen molar-refractivity contribution in [1.29, 1.82) is 5.26 Å². The highest BCUT2D eigenvalue weighted by Gasteiger charge is 2.28. The van der Waals surface area contributed by atoms with Crippen LogP contribution in [-0.2, 0) is 14.3 Å². The molecule has 0 spiro atoms. The Balaban J connectivity index is 1.91. The summed E-state index contributed by atoms with van der Waals surface area (Å²) in [6, 6.07) is 9.38. The fourth-order valence-corrected chi connectivity index (χ4v) is 3.42. The molecule has 1 amide bonds. The summed E-state index contributed by atoms with van der Waals surface area (Å²) in [6.45, 7) is 3.95. The molecule has 0 aromatic heterocycles. The van der Waals surface area contributed by atoms with Gasteiger partial charge in [0.25, 0.3) is 5.91 Å². The van der Waals surface area contributed by atoms with Gasteiger partial charge in [0.1, 0.15) is 11.6 Å². The molecule has 0 unspecified atom stereocenters. The highest BCUT2D eigenvalue weighted by molar-refractivity contribution is 5.98.